The summed E-state index contributed by atoms with van der Waals surface area (Å²) in [6.45, 7) is 0. The lowest BCUT2D eigenvalue weighted by Gasteiger charge is -2.02. The van der Waals surface area contributed by atoms with Crippen LogP contribution in [0, 0.1) is 0 Å². The maximum atomic E-state index is 12.3. The molecule has 0 amide bonds. The fourth-order valence-corrected chi connectivity index (χ4v) is 1.54. The van der Waals surface area contributed by atoms with Gasteiger partial charge >= 0.3 is 6.18 Å². The monoisotopic (exact) mass is 342 g/mol. The van der Waals surface area contributed by atoms with Crippen molar-refractivity contribution < 1.29 is 13.2 Å². The third-order valence-corrected chi connectivity index (χ3v) is 3.21. The van der Waals surface area contributed by atoms with Crippen LogP contribution in [0.5, 0.6) is 0 Å². The van der Waals surface area contributed by atoms with Gasteiger partial charge in [-0.05, 0) is 22.0 Å². The van der Waals surface area contributed by atoms with Crippen LogP contribution in [0.1, 0.15) is 5.69 Å². The molecule has 1 N–H and O–H groups in total. The standard InChI is InChI=1S/C8H3BrClF3N4O/c9-4-5(18)7(15-14-6(4)10)17-2-1-3(16-17)8(11,12)13/h1-2H,(H,14,18). The van der Waals surface area contributed by atoms with Gasteiger partial charge in [0, 0.05) is 6.20 Å². The van der Waals surface area contributed by atoms with E-state index in [0.29, 0.717) is 0 Å². The van der Waals surface area contributed by atoms with E-state index in [1.807, 2.05) is 0 Å². The van der Waals surface area contributed by atoms with E-state index in [1.54, 1.807) is 0 Å². The fourth-order valence-electron chi connectivity index (χ4n) is 1.15. The maximum absolute atomic E-state index is 12.3. The molecule has 10 heteroatoms. The summed E-state index contributed by atoms with van der Waals surface area (Å²) in [6.07, 6.45) is -3.59. The number of rotatable bonds is 1. The normalized spacial score (nSPS) is 11.8. The highest BCUT2D eigenvalue weighted by atomic mass is 79.9. The van der Waals surface area contributed by atoms with E-state index in [9.17, 15) is 18.0 Å². The third-order valence-electron chi connectivity index (χ3n) is 1.95. The Morgan fingerprint density at radius 3 is 2.67 bits per heavy atom. The molecule has 2 heterocycles. The van der Waals surface area contributed by atoms with Gasteiger partial charge in [0.25, 0.3) is 0 Å². The van der Waals surface area contributed by atoms with Crippen LogP contribution in [-0.4, -0.2) is 20.0 Å². The Morgan fingerprint density at radius 1 is 1.44 bits per heavy atom. The van der Waals surface area contributed by atoms with Crippen molar-refractivity contribution >= 4 is 27.5 Å². The predicted molar refractivity (Wildman–Crippen MR) is 59.7 cm³/mol. The van der Waals surface area contributed by atoms with Gasteiger partial charge < -0.3 is 0 Å². The molecule has 0 bridgehead atoms. The summed E-state index contributed by atoms with van der Waals surface area (Å²) in [4.78, 5) is 11.7. The van der Waals surface area contributed by atoms with Gasteiger partial charge in [0.2, 0.25) is 11.2 Å². The summed E-state index contributed by atoms with van der Waals surface area (Å²) in [5.41, 5.74) is -1.79. The molecule has 96 valence electrons. The second-order valence-electron chi connectivity index (χ2n) is 3.15. The first-order valence-corrected chi connectivity index (χ1v) is 5.54. The van der Waals surface area contributed by atoms with Gasteiger partial charge in [-0.3, -0.25) is 9.89 Å². The Morgan fingerprint density at radius 2 is 2.11 bits per heavy atom. The van der Waals surface area contributed by atoms with Gasteiger partial charge in [-0.25, -0.2) is 4.68 Å². The van der Waals surface area contributed by atoms with Crippen molar-refractivity contribution in [3.63, 3.8) is 0 Å². The lowest BCUT2D eigenvalue weighted by Crippen LogP contribution is -2.17. The number of aromatic amines is 1. The summed E-state index contributed by atoms with van der Waals surface area (Å²) in [5.74, 6) is -0.318. The first kappa shape index (κ1) is 13.1. The van der Waals surface area contributed by atoms with Crippen LogP contribution in [0.15, 0.2) is 21.5 Å². The molecule has 0 fully saturated rings. The molecule has 0 atom stereocenters. The maximum Gasteiger partial charge on any atom is 0.435 e. The predicted octanol–water partition coefficient (Wildman–Crippen LogP) is 2.39. The van der Waals surface area contributed by atoms with E-state index in [1.165, 1.54) is 0 Å². The zero-order valence-electron chi connectivity index (χ0n) is 8.29. The van der Waals surface area contributed by atoms with Crippen molar-refractivity contribution in [1.29, 1.82) is 0 Å². The first-order valence-electron chi connectivity index (χ1n) is 4.37. The second kappa shape index (κ2) is 4.39. The molecule has 0 radical (unpaired) electrons. The van der Waals surface area contributed by atoms with Crippen molar-refractivity contribution in [2.75, 3.05) is 0 Å². The average Bonchev–Trinajstić information content (AvgIpc) is 2.75. The average molecular weight is 343 g/mol. The molecule has 2 aromatic rings. The van der Waals surface area contributed by atoms with Crippen molar-refractivity contribution in [1.82, 2.24) is 20.0 Å². The highest BCUT2D eigenvalue weighted by Gasteiger charge is 2.34. The van der Waals surface area contributed by atoms with Gasteiger partial charge in [-0.15, -0.1) is 0 Å². The lowest BCUT2D eigenvalue weighted by molar-refractivity contribution is -0.141. The van der Waals surface area contributed by atoms with Gasteiger partial charge in [0.1, 0.15) is 9.63 Å². The van der Waals surface area contributed by atoms with Crippen LogP contribution in [0.3, 0.4) is 0 Å². The van der Waals surface area contributed by atoms with Crippen LogP contribution in [0.25, 0.3) is 5.82 Å². The number of halogens is 5. The second-order valence-corrected chi connectivity index (χ2v) is 4.32. The molecule has 18 heavy (non-hydrogen) atoms. The van der Waals surface area contributed by atoms with Crippen LogP contribution >= 0.6 is 27.5 Å². The topological polar surface area (TPSA) is 63.6 Å². The highest BCUT2D eigenvalue weighted by molar-refractivity contribution is 9.10. The Kier molecular flexibility index (Phi) is 3.20. The number of aromatic nitrogens is 4. The zero-order chi connectivity index (χ0) is 13.5. The Balaban J connectivity index is 2.54. The van der Waals surface area contributed by atoms with Gasteiger partial charge in [0.15, 0.2) is 5.69 Å². The number of nitrogens with zero attached hydrogens (tertiary/aromatic N) is 3. The number of hydrogen-bond donors (Lipinski definition) is 1. The summed E-state index contributed by atoms with van der Waals surface area (Å²) >= 11 is 8.47. The SMILES string of the molecule is O=c1c(-n2ccc(C(F)(F)F)n2)n[nH]c(Cl)c1Br. The zero-order valence-corrected chi connectivity index (χ0v) is 10.6. The molecule has 0 saturated carbocycles. The van der Waals surface area contributed by atoms with Crippen molar-refractivity contribution in [3.8, 4) is 5.82 Å². The van der Waals surface area contributed by atoms with E-state index in [2.05, 4.69) is 31.2 Å². The molecule has 0 saturated heterocycles. The van der Waals surface area contributed by atoms with E-state index >= 15 is 0 Å². The van der Waals surface area contributed by atoms with E-state index in [4.69, 9.17) is 11.6 Å². The van der Waals surface area contributed by atoms with E-state index in [0.717, 1.165) is 16.9 Å². The van der Waals surface area contributed by atoms with Crippen LogP contribution in [0.4, 0.5) is 13.2 Å². The van der Waals surface area contributed by atoms with Gasteiger partial charge in [-0.1, -0.05) is 11.6 Å². The van der Waals surface area contributed by atoms with E-state index in [-0.39, 0.29) is 15.4 Å². The molecule has 0 unspecified atom stereocenters. The summed E-state index contributed by atoms with van der Waals surface area (Å²) in [6, 6.07) is 0.740. The number of nitrogens with one attached hydrogen (secondary N) is 1. The van der Waals surface area contributed by atoms with E-state index < -0.39 is 17.3 Å². The number of alkyl halides is 3. The van der Waals surface area contributed by atoms with Crippen molar-refractivity contribution in [2.45, 2.75) is 6.18 Å². The fraction of sp³-hybridized carbons (Fsp3) is 0.125. The molecule has 2 rings (SSSR count). The molecular formula is C8H3BrClF3N4O. The molecule has 0 spiro atoms. The molecule has 0 aliphatic heterocycles. The Hall–Kier alpha value is -1.35. The van der Waals surface area contributed by atoms with Crippen LogP contribution in [0.2, 0.25) is 5.15 Å². The molecular weight excluding hydrogens is 340 g/mol. The van der Waals surface area contributed by atoms with Crippen molar-refractivity contribution in [3.05, 3.63) is 37.8 Å². The van der Waals surface area contributed by atoms with Gasteiger partial charge in [0.05, 0.1) is 0 Å². The summed E-state index contributed by atoms with van der Waals surface area (Å²) in [5, 5.41) is 9.00. The van der Waals surface area contributed by atoms with Crippen LogP contribution in [-0.2, 0) is 6.18 Å². The molecule has 5 nitrogen and oxygen atoms in total. The van der Waals surface area contributed by atoms with Gasteiger partial charge in [-0.2, -0.15) is 23.4 Å². The quantitative estimate of drug-likeness (QED) is 0.865. The number of hydrogen-bond acceptors (Lipinski definition) is 3. The largest absolute Gasteiger partial charge is 0.435 e. The Bertz CT molecular complexity index is 651. The minimum Gasteiger partial charge on any atom is -0.284 e. The third kappa shape index (κ3) is 2.27. The van der Waals surface area contributed by atoms with Crippen molar-refractivity contribution in [2.24, 2.45) is 0 Å². The summed E-state index contributed by atoms with van der Waals surface area (Å²) < 4.78 is 37.7. The summed E-state index contributed by atoms with van der Waals surface area (Å²) in [7, 11) is 0. The highest BCUT2D eigenvalue weighted by Crippen LogP contribution is 2.27. The smallest absolute Gasteiger partial charge is 0.284 e. The molecule has 2 aromatic heterocycles. The lowest BCUT2D eigenvalue weighted by atomic mass is 10.4. The Labute approximate surface area is 111 Å². The molecule has 0 aromatic carbocycles. The van der Waals surface area contributed by atoms with Crippen LogP contribution < -0.4 is 5.43 Å². The minimum absolute atomic E-state index is 0.0294. The molecule has 0 aliphatic carbocycles. The number of H-pyrrole nitrogens is 1. The molecule has 0 aliphatic rings. The first-order chi connectivity index (χ1) is 8.30. The minimum atomic E-state index is -4.58.